The molecule has 4 N–H and O–H groups in total. The number of benzene rings is 1. The first-order valence-electron chi connectivity index (χ1n) is 4.33. The molecule has 0 aliphatic rings. The highest BCUT2D eigenvalue weighted by atomic mass is 16.5. The Bertz CT molecular complexity index is 389. The summed E-state index contributed by atoms with van der Waals surface area (Å²) in [5, 5.41) is 18.3. The van der Waals surface area contributed by atoms with Crippen LogP contribution >= 0.6 is 0 Å². The van der Waals surface area contributed by atoms with Gasteiger partial charge in [0.05, 0.1) is 7.11 Å². The summed E-state index contributed by atoms with van der Waals surface area (Å²) in [6.45, 7) is 1.75. The summed E-state index contributed by atoms with van der Waals surface area (Å²) in [6, 6.07) is 1.63. The van der Waals surface area contributed by atoms with Gasteiger partial charge in [0.25, 0.3) is 0 Å². The zero-order chi connectivity index (χ0) is 11.6. The van der Waals surface area contributed by atoms with Crippen molar-refractivity contribution in [2.45, 2.75) is 13.0 Å². The Morgan fingerprint density at radius 1 is 1.53 bits per heavy atom. The molecular weight excluding hydrogens is 198 g/mol. The largest absolute Gasteiger partial charge is 0.507 e. The van der Waals surface area contributed by atoms with Crippen molar-refractivity contribution >= 4 is 5.97 Å². The zero-order valence-electron chi connectivity index (χ0n) is 8.52. The first kappa shape index (κ1) is 11.3. The number of ether oxygens (including phenoxy) is 1. The minimum atomic E-state index is -1.23. The predicted molar refractivity (Wildman–Crippen MR) is 54.0 cm³/mol. The van der Waals surface area contributed by atoms with Gasteiger partial charge in [0.2, 0.25) is 0 Å². The first-order chi connectivity index (χ1) is 6.97. The number of hydrogen-bond acceptors (Lipinski definition) is 4. The van der Waals surface area contributed by atoms with Crippen molar-refractivity contribution in [1.82, 2.24) is 0 Å². The second-order valence-electron chi connectivity index (χ2n) is 3.20. The van der Waals surface area contributed by atoms with Crippen molar-refractivity contribution in [2.24, 2.45) is 5.73 Å². The molecule has 0 spiro atoms. The molecule has 0 heterocycles. The Labute approximate surface area is 87.1 Å². The van der Waals surface area contributed by atoms with Crippen molar-refractivity contribution < 1.29 is 19.7 Å². The Balaban J connectivity index is 3.21. The average Bonchev–Trinajstić information content (AvgIpc) is 2.19. The third-order valence-electron chi connectivity index (χ3n) is 2.15. The van der Waals surface area contributed by atoms with Crippen LogP contribution in [0.1, 0.15) is 17.2 Å². The highest BCUT2D eigenvalue weighted by Gasteiger charge is 2.19. The van der Waals surface area contributed by atoms with Gasteiger partial charge in [0, 0.05) is 11.6 Å². The maximum absolute atomic E-state index is 10.7. The fourth-order valence-corrected chi connectivity index (χ4v) is 1.30. The standard InChI is InChI=1S/C10H13NO4/c1-5-3-6(9(11)10(13)14)7(12)4-8(5)15-2/h3-4,9,12H,11H2,1-2H3,(H,13,14). The number of carbonyl (C=O) groups is 1. The molecule has 0 bridgehead atoms. The number of nitrogens with two attached hydrogens (primary N) is 1. The van der Waals surface area contributed by atoms with Crippen molar-refractivity contribution in [1.29, 1.82) is 0 Å². The highest BCUT2D eigenvalue weighted by molar-refractivity contribution is 5.76. The Morgan fingerprint density at radius 2 is 2.13 bits per heavy atom. The van der Waals surface area contributed by atoms with E-state index in [2.05, 4.69) is 0 Å². The molecule has 0 aliphatic heterocycles. The van der Waals surface area contributed by atoms with Gasteiger partial charge in [0.1, 0.15) is 17.5 Å². The topological polar surface area (TPSA) is 92.8 Å². The van der Waals surface area contributed by atoms with Crippen LogP contribution in [0.15, 0.2) is 12.1 Å². The third-order valence-corrected chi connectivity index (χ3v) is 2.15. The van der Waals surface area contributed by atoms with E-state index in [-0.39, 0.29) is 11.3 Å². The van der Waals surface area contributed by atoms with Crippen LogP contribution in [0, 0.1) is 6.92 Å². The smallest absolute Gasteiger partial charge is 0.325 e. The molecule has 0 amide bonds. The molecule has 15 heavy (non-hydrogen) atoms. The van der Waals surface area contributed by atoms with Crippen molar-refractivity contribution in [3.63, 3.8) is 0 Å². The number of aromatic hydroxyl groups is 1. The number of aryl methyl sites for hydroxylation is 1. The van der Waals surface area contributed by atoms with Gasteiger partial charge in [-0.3, -0.25) is 4.79 Å². The molecule has 0 saturated carbocycles. The van der Waals surface area contributed by atoms with E-state index in [1.807, 2.05) is 0 Å². The van der Waals surface area contributed by atoms with E-state index in [9.17, 15) is 9.90 Å². The van der Waals surface area contributed by atoms with Crippen molar-refractivity contribution in [3.05, 3.63) is 23.3 Å². The second kappa shape index (κ2) is 4.18. The summed E-state index contributed by atoms with van der Waals surface area (Å²) in [7, 11) is 1.47. The summed E-state index contributed by atoms with van der Waals surface area (Å²) in [5.41, 5.74) is 6.30. The van der Waals surface area contributed by atoms with Gasteiger partial charge < -0.3 is 20.7 Å². The molecule has 5 heteroatoms. The number of phenols is 1. The normalized spacial score (nSPS) is 12.2. The Morgan fingerprint density at radius 3 is 2.60 bits per heavy atom. The van der Waals surface area contributed by atoms with Crippen LogP contribution < -0.4 is 10.5 Å². The maximum atomic E-state index is 10.7. The van der Waals surface area contributed by atoms with E-state index in [0.717, 1.165) is 5.56 Å². The zero-order valence-corrected chi connectivity index (χ0v) is 8.52. The van der Waals surface area contributed by atoms with Gasteiger partial charge in [-0.15, -0.1) is 0 Å². The van der Waals surface area contributed by atoms with Crippen LogP contribution in [0.3, 0.4) is 0 Å². The molecule has 1 rings (SSSR count). The van der Waals surface area contributed by atoms with Crippen LogP contribution in [0.4, 0.5) is 0 Å². The van der Waals surface area contributed by atoms with E-state index in [1.165, 1.54) is 19.2 Å². The molecule has 0 aromatic heterocycles. The molecule has 1 aromatic carbocycles. The molecule has 0 fully saturated rings. The van der Waals surface area contributed by atoms with Crippen LogP contribution in [-0.4, -0.2) is 23.3 Å². The quantitative estimate of drug-likeness (QED) is 0.687. The number of phenolic OH excluding ortho intramolecular Hbond substituents is 1. The number of aliphatic carboxylic acids is 1. The number of hydrogen-bond donors (Lipinski definition) is 3. The fourth-order valence-electron chi connectivity index (χ4n) is 1.30. The molecule has 1 unspecified atom stereocenters. The molecule has 1 atom stereocenters. The number of rotatable bonds is 3. The molecule has 82 valence electrons. The third kappa shape index (κ3) is 2.19. The van der Waals surface area contributed by atoms with Crippen molar-refractivity contribution in [3.8, 4) is 11.5 Å². The second-order valence-corrected chi connectivity index (χ2v) is 3.20. The average molecular weight is 211 g/mol. The molecule has 0 radical (unpaired) electrons. The van der Waals surface area contributed by atoms with E-state index in [4.69, 9.17) is 15.6 Å². The van der Waals surface area contributed by atoms with Crippen molar-refractivity contribution in [2.75, 3.05) is 7.11 Å². The molecule has 1 aromatic rings. The Hall–Kier alpha value is -1.75. The minimum absolute atomic E-state index is 0.174. The summed E-state index contributed by atoms with van der Waals surface area (Å²) in [4.78, 5) is 10.7. The van der Waals surface area contributed by atoms with Crippen LogP contribution in [-0.2, 0) is 4.79 Å². The van der Waals surface area contributed by atoms with Gasteiger partial charge in [-0.1, -0.05) is 0 Å². The summed E-state index contributed by atoms with van der Waals surface area (Å²) >= 11 is 0. The van der Waals surface area contributed by atoms with Crippen LogP contribution in [0.5, 0.6) is 11.5 Å². The summed E-state index contributed by atoms with van der Waals surface area (Å²) < 4.78 is 4.97. The molecule has 0 aliphatic carbocycles. The van der Waals surface area contributed by atoms with Gasteiger partial charge in [-0.2, -0.15) is 0 Å². The number of carboxylic acid groups (broad SMARTS) is 1. The first-order valence-corrected chi connectivity index (χ1v) is 4.33. The lowest BCUT2D eigenvalue weighted by atomic mass is 10.0. The van der Waals surface area contributed by atoms with E-state index in [1.54, 1.807) is 6.92 Å². The number of methoxy groups -OCH3 is 1. The SMILES string of the molecule is COc1cc(O)c(C(N)C(=O)O)cc1C. The van der Waals surface area contributed by atoms with Gasteiger partial charge in [0.15, 0.2) is 0 Å². The Kier molecular flexibility index (Phi) is 3.16. The molecule has 5 nitrogen and oxygen atoms in total. The van der Waals surface area contributed by atoms with Gasteiger partial charge >= 0.3 is 5.97 Å². The summed E-state index contributed by atoms with van der Waals surface area (Å²) in [6.07, 6.45) is 0. The molecule has 0 saturated heterocycles. The van der Waals surface area contributed by atoms with Crippen LogP contribution in [0.25, 0.3) is 0 Å². The summed E-state index contributed by atoms with van der Waals surface area (Å²) in [5.74, 6) is -0.865. The maximum Gasteiger partial charge on any atom is 0.325 e. The minimum Gasteiger partial charge on any atom is -0.507 e. The predicted octanol–water partition coefficient (Wildman–Crippen LogP) is 0.794. The lowest BCUT2D eigenvalue weighted by Crippen LogP contribution is -2.20. The van der Waals surface area contributed by atoms with Crippen LogP contribution in [0.2, 0.25) is 0 Å². The lowest BCUT2D eigenvalue weighted by molar-refractivity contribution is -0.138. The molecular formula is C10H13NO4. The van der Waals surface area contributed by atoms with Gasteiger partial charge in [-0.25, -0.2) is 0 Å². The van der Waals surface area contributed by atoms with E-state index in [0.29, 0.717) is 5.75 Å². The fraction of sp³-hybridized carbons (Fsp3) is 0.300. The monoisotopic (exact) mass is 211 g/mol. The van der Waals surface area contributed by atoms with E-state index >= 15 is 0 Å². The van der Waals surface area contributed by atoms with E-state index < -0.39 is 12.0 Å². The highest BCUT2D eigenvalue weighted by Crippen LogP contribution is 2.30. The number of carboxylic acids is 1. The lowest BCUT2D eigenvalue weighted by Gasteiger charge is -2.12. The van der Waals surface area contributed by atoms with Gasteiger partial charge in [-0.05, 0) is 18.6 Å².